The van der Waals surface area contributed by atoms with Gasteiger partial charge in [0.05, 0.1) is 0 Å². The molecule has 7 heteroatoms. The van der Waals surface area contributed by atoms with Crippen molar-refractivity contribution < 1.29 is 19.1 Å². The summed E-state index contributed by atoms with van der Waals surface area (Å²) in [6, 6.07) is 4.48. The minimum atomic E-state index is -0.799. The van der Waals surface area contributed by atoms with Crippen LogP contribution in [0.5, 0.6) is 0 Å². The van der Waals surface area contributed by atoms with Gasteiger partial charge in [0.15, 0.2) is 0 Å². The number of nitrogens with one attached hydrogen (secondary N) is 2. The fourth-order valence-electron chi connectivity index (χ4n) is 4.74. The summed E-state index contributed by atoms with van der Waals surface area (Å²) >= 11 is 0. The van der Waals surface area contributed by atoms with Crippen molar-refractivity contribution in [1.29, 1.82) is 0 Å². The van der Waals surface area contributed by atoms with E-state index in [1.54, 1.807) is 25.7 Å². The van der Waals surface area contributed by atoms with Gasteiger partial charge in [0.2, 0.25) is 11.8 Å². The van der Waals surface area contributed by atoms with Gasteiger partial charge in [-0.25, -0.2) is 4.79 Å². The molecule has 222 valence electrons. The number of amides is 3. The highest BCUT2D eigenvalue weighted by Crippen LogP contribution is 2.27. The Bertz CT molecular complexity index is 887. The zero-order valence-electron chi connectivity index (χ0n) is 26.1. The molecule has 0 radical (unpaired) electrons. The van der Waals surface area contributed by atoms with E-state index in [0.717, 1.165) is 61.6 Å². The minimum absolute atomic E-state index is 0.151. The predicted octanol–water partition coefficient (Wildman–Crippen LogP) is 7.00. The molecule has 2 atom stereocenters. The molecule has 0 saturated carbocycles. The third kappa shape index (κ3) is 13.4. The van der Waals surface area contributed by atoms with Crippen molar-refractivity contribution in [3.8, 4) is 0 Å². The van der Waals surface area contributed by atoms with E-state index in [1.165, 1.54) is 0 Å². The van der Waals surface area contributed by atoms with Gasteiger partial charge < -0.3 is 20.3 Å². The highest BCUT2D eigenvalue weighted by molar-refractivity contribution is 5.92. The first-order valence-electron chi connectivity index (χ1n) is 14.9. The fourth-order valence-corrected chi connectivity index (χ4v) is 4.74. The third-order valence-corrected chi connectivity index (χ3v) is 6.43. The van der Waals surface area contributed by atoms with E-state index in [0.29, 0.717) is 19.5 Å². The molecule has 0 fully saturated rings. The van der Waals surface area contributed by atoms with Gasteiger partial charge in [-0.2, -0.15) is 0 Å². The Morgan fingerprint density at radius 1 is 0.897 bits per heavy atom. The van der Waals surface area contributed by atoms with Crippen LogP contribution in [0.1, 0.15) is 123 Å². The smallest absolute Gasteiger partial charge is 0.408 e. The van der Waals surface area contributed by atoms with Crippen LogP contribution in [0.4, 0.5) is 4.79 Å². The topological polar surface area (TPSA) is 87.7 Å². The van der Waals surface area contributed by atoms with Crippen LogP contribution in [0.3, 0.4) is 0 Å². The number of carbonyl (C=O) groups excluding carboxylic acids is 3. The molecule has 0 saturated heterocycles. The van der Waals surface area contributed by atoms with Crippen molar-refractivity contribution in [2.75, 3.05) is 13.1 Å². The first-order valence-corrected chi connectivity index (χ1v) is 14.9. The van der Waals surface area contributed by atoms with E-state index in [4.69, 9.17) is 4.74 Å². The largest absolute Gasteiger partial charge is 0.444 e. The number of aryl methyl sites for hydroxylation is 2. The van der Waals surface area contributed by atoms with E-state index in [-0.39, 0.29) is 17.7 Å². The lowest BCUT2D eigenvalue weighted by molar-refractivity contribution is -0.143. The number of unbranched alkanes of at least 4 members (excludes halogenated alkanes) is 5. The van der Waals surface area contributed by atoms with Crippen molar-refractivity contribution in [1.82, 2.24) is 15.5 Å². The number of ether oxygens (including phenoxy) is 1. The third-order valence-electron chi connectivity index (χ3n) is 6.43. The van der Waals surface area contributed by atoms with Crippen molar-refractivity contribution in [3.63, 3.8) is 0 Å². The Balaban J connectivity index is 3.50. The van der Waals surface area contributed by atoms with E-state index < -0.39 is 23.8 Å². The quantitative estimate of drug-likeness (QED) is 0.219. The number of hydrogen-bond acceptors (Lipinski definition) is 4. The summed E-state index contributed by atoms with van der Waals surface area (Å²) in [6.45, 7) is 18.7. The van der Waals surface area contributed by atoms with Crippen LogP contribution >= 0.6 is 0 Å². The normalized spacial score (nSPS) is 13.1. The molecule has 0 aromatic heterocycles. The maximum atomic E-state index is 14.3. The molecule has 0 bridgehead atoms. The zero-order chi connectivity index (χ0) is 29.6. The molecular formula is C32H55N3O4. The second kappa shape index (κ2) is 17.2. The van der Waals surface area contributed by atoms with Crippen LogP contribution in [-0.4, -0.2) is 47.5 Å². The maximum Gasteiger partial charge on any atom is 0.408 e. The lowest BCUT2D eigenvalue weighted by Gasteiger charge is -2.35. The van der Waals surface area contributed by atoms with Gasteiger partial charge in [-0.05, 0) is 65.4 Å². The lowest BCUT2D eigenvalue weighted by Crippen LogP contribution is -2.53. The molecular weight excluding hydrogens is 490 g/mol. The lowest BCUT2D eigenvalue weighted by atomic mass is 9.96. The second-order valence-corrected chi connectivity index (χ2v) is 12.2. The Kier molecular flexibility index (Phi) is 15.2. The molecule has 39 heavy (non-hydrogen) atoms. The molecule has 0 aliphatic rings. The number of benzene rings is 1. The summed E-state index contributed by atoms with van der Waals surface area (Å²) in [5, 5.41) is 5.93. The number of alkyl carbamates (subject to hydrolysis) is 1. The average molecular weight is 546 g/mol. The van der Waals surface area contributed by atoms with Crippen LogP contribution in [0, 0.1) is 19.8 Å². The molecule has 1 aromatic carbocycles. The molecule has 1 aromatic rings. The van der Waals surface area contributed by atoms with E-state index in [1.807, 2.05) is 39.8 Å². The summed E-state index contributed by atoms with van der Waals surface area (Å²) in [6.07, 6.45) is 6.68. The van der Waals surface area contributed by atoms with Gasteiger partial charge >= 0.3 is 6.09 Å². The van der Waals surface area contributed by atoms with Crippen molar-refractivity contribution in [2.24, 2.45) is 5.92 Å². The van der Waals surface area contributed by atoms with Crippen LogP contribution in [-0.2, 0) is 14.3 Å². The van der Waals surface area contributed by atoms with Crippen molar-refractivity contribution >= 4 is 17.9 Å². The first kappa shape index (κ1) is 34.5. The molecule has 0 aliphatic heterocycles. The Hall–Kier alpha value is -2.57. The first-order chi connectivity index (χ1) is 18.3. The predicted molar refractivity (Wildman–Crippen MR) is 160 cm³/mol. The summed E-state index contributed by atoms with van der Waals surface area (Å²) in [4.78, 5) is 42.5. The Labute approximate surface area is 237 Å². The van der Waals surface area contributed by atoms with Gasteiger partial charge in [-0.3, -0.25) is 9.59 Å². The SMILES string of the molecule is CCCCCCN(C(=O)C(CC(C)C)NC(=O)OC(C)(C)C)C(C(=O)NCCCCC)c1cc(C)cc(C)c1. The van der Waals surface area contributed by atoms with E-state index >= 15 is 0 Å². The minimum Gasteiger partial charge on any atom is -0.444 e. The molecule has 0 aliphatic carbocycles. The number of carbonyl (C=O) groups is 3. The van der Waals surface area contributed by atoms with Gasteiger partial charge in [-0.1, -0.05) is 89.1 Å². The summed E-state index contributed by atoms with van der Waals surface area (Å²) < 4.78 is 5.49. The standard InChI is InChI=1S/C32H55N3O4/c1-10-12-14-16-18-35(30(37)27(19-23(3)4)34-31(38)39-32(7,8)9)28(29(36)33-17-15-13-11-2)26-21-24(5)20-25(6)22-26/h20-23,27-28H,10-19H2,1-9H3,(H,33,36)(H,34,38). The molecule has 0 heterocycles. The monoisotopic (exact) mass is 545 g/mol. The summed E-state index contributed by atoms with van der Waals surface area (Å²) in [7, 11) is 0. The van der Waals surface area contributed by atoms with Crippen molar-refractivity contribution in [3.05, 3.63) is 34.9 Å². The molecule has 2 N–H and O–H groups in total. The van der Waals surface area contributed by atoms with E-state index in [9.17, 15) is 14.4 Å². The highest BCUT2D eigenvalue weighted by atomic mass is 16.6. The summed E-state index contributed by atoms with van der Waals surface area (Å²) in [5.41, 5.74) is 2.19. The van der Waals surface area contributed by atoms with Crippen LogP contribution in [0.15, 0.2) is 18.2 Å². The molecule has 1 rings (SSSR count). The second-order valence-electron chi connectivity index (χ2n) is 12.2. The highest BCUT2D eigenvalue weighted by Gasteiger charge is 2.36. The molecule has 2 unspecified atom stereocenters. The van der Waals surface area contributed by atoms with Gasteiger partial charge in [0.1, 0.15) is 17.7 Å². The van der Waals surface area contributed by atoms with Crippen LogP contribution in [0.25, 0.3) is 0 Å². The average Bonchev–Trinajstić information content (AvgIpc) is 2.80. The molecule has 0 spiro atoms. The summed E-state index contributed by atoms with van der Waals surface area (Å²) in [5.74, 6) is -0.280. The number of rotatable bonds is 16. The Morgan fingerprint density at radius 2 is 1.49 bits per heavy atom. The number of nitrogens with zero attached hydrogens (tertiary/aromatic N) is 1. The Morgan fingerprint density at radius 3 is 2.03 bits per heavy atom. The fraction of sp³-hybridized carbons (Fsp3) is 0.719. The van der Waals surface area contributed by atoms with E-state index in [2.05, 4.69) is 30.5 Å². The number of hydrogen-bond donors (Lipinski definition) is 2. The molecule has 7 nitrogen and oxygen atoms in total. The van der Waals surface area contributed by atoms with Gasteiger partial charge in [-0.15, -0.1) is 0 Å². The van der Waals surface area contributed by atoms with Crippen LogP contribution in [0.2, 0.25) is 0 Å². The molecule has 3 amide bonds. The maximum absolute atomic E-state index is 14.3. The van der Waals surface area contributed by atoms with Gasteiger partial charge in [0.25, 0.3) is 0 Å². The van der Waals surface area contributed by atoms with Crippen LogP contribution < -0.4 is 10.6 Å². The van der Waals surface area contributed by atoms with Gasteiger partial charge in [0, 0.05) is 13.1 Å². The van der Waals surface area contributed by atoms with Crippen molar-refractivity contribution in [2.45, 2.75) is 131 Å². The zero-order valence-corrected chi connectivity index (χ0v) is 26.1.